The molecule has 0 radical (unpaired) electrons. The molecule has 15 heavy (non-hydrogen) atoms. The molecule has 0 spiro atoms. The molecule has 0 fully saturated rings. The van der Waals surface area contributed by atoms with Crippen molar-refractivity contribution in [1.82, 2.24) is 4.98 Å². The summed E-state index contributed by atoms with van der Waals surface area (Å²) in [6.45, 7) is 0. The Hall–Kier alpha value is -1.89. The van der Waals surface area contributed by atoms with Gasteiger partial charge in [0.05, 0.1) is 0 Å². The number of nitrogens with zero attached hydrogens (tertiary/aromatic N) is 1. The van der Waals surface area contributed by atoms with Gasteiger partial charge in [-0.15, -0.1) is 0 Å². The molecule has 0 atom stereocenters. The van der Waals surface area contributed by atoms with Gasteiger partial charge in [-0.25, -0.2) is 0 Å². The molecule has 0 bridgehead atoms. The van der Waals surface area contributed by atoms with Gasteiger partial charge in [-0.1, -0.05) is 30.3 Å². The molecule has 1 aliphatic carbocycles. The summed E-state index contributed by atoms with van der Waals surface area (Å²) < 4.78 is 0. The van der Waals surface area contributed by atoms with Crippen molar-refractivity contribution < 1.29 is 0 Å². The van der Waals surface area contributed by atoms with Crippen LogP contribution in [0.1, 0.15) is 16.7 Å². The highest BCUT2D eigenvalue weighted by molar-refractivity contribution is 5.88. The van der Waals surface area contributed by atoms with E-state index in [9.17, 15) is 0 Å². The lowest BCUT2D eigenvalue weighted by Crippen LogP contribution is -1.85. The highest BCUT2D eigenvalue weighted by Crippen LogP contribution is 2.30. The Labute approximate surface area is 89.1 Å². The van der Waals surface area contributed by atoms with Crippen LogP contribution in [0.15, 0.2) is 48.8 Å². The Morgan fingerprint density at radius 1 is 0.933 bits per heavy atom. The van der Waals surface area contributed by atoms with Gasteiger partial charge in [-0.3, -0.25) is 4.98 Å². The summed E-state index contributed by atoms with van der Waals surface area (Å²) in [6, 6.07) is 12.7. The molecule has 72 valence electrons. The molecule has 1 nitrogen and oxygen atoms in total. The minimum Gasteiger partial charge on any atom is -0.265 e. The smallest absolute Gasteiger partial charge is 0.0273 e. The molecule has 1 heteroatoms. The van der Waals surface area contributed by atoms with Crippen LogP contribution in [0.2, 0.25) is 0 Å². The van der Waals surface area contributed by atoms with E-state index in [0.29, 0.717) is 0 Å². The molecule has 3 rings (SSSR count). The van der Waals surface area contributed by atoms with E-state index in [1.807, 2.05) is 12.4 Å². The van der Waals surface area contributed by atoms with E-state index in [1.54, 1.807) is 0 Å². The summed E-state index contributed by atoms with van der Waals surface area (Å²) in [4.78, 5) is 4.04. The number of allylic oxidation sites excluding steroid dienone is 1. The second-order valence-electron chi connectivity index (χ2n) is 3.78. The van der Waals surface area contributed by atoms with Crippen molar-refractivity contribution in [3.8, 4) is 0 Å². The first-order valence-corrected chi connectivity index (χ1v) is 5.12. The van der Waals surface area contributed by atoms with Crippen molar-refractivity contribution in [2.45, 2.75) is 6.42 Å². The normalized spacial score (nSPS) is 13.5. The topological polar surface area (TPSA) is 12.9 Å². The van der Waals surface area contributed by atoms with Gasteiger partial charge in [0.1, 0.15) is 0 Å². The van der Waals surface area contributed by atoms with Crippen LogP contribution < -0.4 is 0 Å². The van der Waals surface area contributed by atoms with Gasteiger partial charge in [0.25, 0.3) is 0 Å². The molecule has 1 heterocycles. The zero-order valence-electron chi connectivity index (χ0n) is 8.35. The molecule has 0 amide bonds. The molecule has 1 aliphatic rings. The maximum absolute atomic E-state index is 4.04. The Morgan fingerprint density at radius 3 is 2.53 bits per heavy atom. The van der Waals surface area contributed by atoms with Gasteiger partial charge in [0.2, 0.25) is 0 Å². The lowest BCUT2D eigenvalue weighted by Gasteiger charge is -2.00. The third-order valence-corrected chi connectivity index (χ3v) is 2.82. The van der Waals surface area contributed by atoms with Crippen LogP contribution in [0.4, 0.5) is 0 Å². The Kier molecular flexibility index (Phi) is 1.88. The second kappa shape index (κ2) is 3.35. The maximum atomic E-state index is 4.04. The standard InChI is InChI=1S/C14H11N/c1-2-4-13-10-14(9-12(13)3-1)11-5-7-15-8-6-11/h1-9H,10H2. The Balaban J connectivity index is 2.02. The van der Waals surface area contributed by atoms with E-state index in [-0.39, 0.29) is 0 Å². The van der Waals surface area contributed by atoms with Crippen molar-refractivity contribution in [3.63, 3.8) is 0 Å². The van der Waals surface area contributed by atoms with Crippen LogP contribution in [-0.2, 0) is 6.42 Å². The monoisotopic (exact) mass is 193 g/mol. The van der Waals surface area contributed by atoms with E-state index < -0.39 is 0 Å². The first kappa shape index (κ1) is 8.42. The fourth-order valence-corrected chi connectivity index (χ4v) is 2.03. The van der Waals surface area contributed by atoms with Crippen LogP contribution in [0.25, 0.3) is 11.6 Å². The van der Waals surface area contributed by atoms with Gasteiger partial charge in [0, 0.05) is 12.4 Å². The van der Waals surface area contributed by atoms with Gasteiger partial charge in [0.15, 0.2) is 0 Å². The lowest BCUT2D eigenvalue weighted by atomic mass is 10.1. The van der Waals surface area contributed by atoms with Gasteiger partial charge >= 0.3 is 0 Å². The van der Waals surface area contributed by atoms with Gasteiger partial charge < -0.3 is 0 Å². The van der Waals surface area contributed by atoms with Crippen LogP contribution in [0, 0.1) is 0 Å². The predicted molar refractivity (Wildman–Crippen MR) is 62.3 cm³/mol. The molecule has 1 aromatic carbocycles. The SMILES string of the molecule is C1=C(c2ccncc2)Cc2ccccc21. The van der Waals surface area contributed by atoms with E-state index in [2.05, 4.69) is 47.5 Å². The summed E-state index contributed by atoms with van der Waals surface area (Å²) in [6.07, 6.45) is 7.00. The third-order valence-electron chi connectivity index (χ3n) is 2.82. The molecule has 1 aromatic heterocycles. The maximum Gasteiger partial charge on any atom is 0.0273 e. The van der Waals surface area contributed by atoms with Crippen LogP contribution in [-0.4, -0.2) is 4.98 Å². The number of pyridine rings is 1. The highest BCUT2D eigenvalue weighted by Gasteiger charge is 2.12. The van der Waals surface area contributed by atoms with Gasteiger partial charge in [-0.2, -0.15) is 0 Å². The zero-order valence-corrected chi connectivity index (χ0v) is 8.35. The summed E-state index contributed by atoms with van der Waals surface area (Å²) in [5.74, 6) is 0. The third kappa shape index (κ3) is 1.46. The summed E-state index contributed by atoms with van der Waals surface area (Å²) in [5.41, 5.74) is 5.44. The number of benzene rings is 1. The van der Waals surface area contributed by atoms with E-state index in [0.717, 1.165) is 6.42 Å². The minimum absolute atomic E-state index is 1.04. The highest BCUT2D eigenvalue weighted by atomic mass is 14.6. The number of aromatic nitrogens is 1. The number of hydrogen-bond donors (Lipinski definition) is 0. The minimum atomic E-state index is 1.04. The Bertz CT molecular complexity index is 512. The second-order valence-corrected chi connectivity index (χ2v) is 3.78. The number of rotatable bonds is 1. The Morgan fingerprint density at radius 2 is 1.73 bits per heavy atom. The fraction of sp³-hybridized carbons (Fsp3) is 0.0714. The summed E-state index contributed by atoms with van der Waals surface area (Å²) >= 11 is 0. The van der Waals surface area contributed by atoms with Crippen LogP contribution in [0.3, 0.4) is 0 Å². The molecule has 0 N–H and O–H groups in total. The molecule has 0 saturated carbocycles. The molecular formula is C14H11N. The molecule has 0 saturated heterocycles. The number of hydrogen-bond acceptors (Lipinski definition) is 1. The summed E-state index contributed by atoms with van der Waals surface area (Å²) in [7, 11) is 0. The summed E-state index contributed by atoms with van der Waals surface area (Å²) in [5, 5.41) is 0. The fourth-order valence-electron chi connectivity index (χ4n) is 2.03. The van der Waals surface area contributed by atoms with E-state index in [4.69, 9.17) is 0 Å². The van der Waals surface area contributed by atoms with E-state index >= 15 is 0 Å². The molecular weight excluding hydrogens is 182 g/mol. The van der Waals surface area contributed by atoms with Crippen LogP contribution in [0.5, 0.6) is 0 Å². The first-order valence-electron chi connectivity index (χ1n) is 5.12. The molecule has 2 aromatic rings. The van der Waals surface area contributed by atoms with Crippen LogP contribution >= 0.6 is 0 Å². The average Bonchev–Trinajstić information content (AvgIpc) is 2.74. The molecule has 0 aliphatic heterocycles. The van der Waals surface area contributed by atoms with Gasteiger partial charge in [-0.05, 0) is 40.8 Å². The van der Waals surface area contributed by atoms with Crippen molar-refractivity contribution in [2.24, 2.45) is 0 Å². The first-order chi connectivity index (χ1) is 7.43. The zero-order chi connectivity index (χ0) is 10.1. The lowest BCUT2D eigenvalue weighted by molar-refractivity contribution is 1.28. The predicted octanol–water partition coefficient (Wildman–Crippen LogP) is 3.18. The molecule has 0 unspecified atom stereocenters. The van der Waals surface area contributed by atoms with Crippen molar-refractivity contribution in [1.29, 1.82) is 0 Å². The average molecular weight is 193 g/mol. The quantitative estimate of drug-likeness (QED) is 0.677. The van der Waals surface area contributed by atoms with Crippen molar-refractivity contribution >= 4 is 11.6 Å². The largest absolute Gasteiger partial charge is 0.265 e. The van der Waals surface area contributed by atoms with Crippen molar-refractivity contribution in [3.05, 3.63) is 65.5 Å². The van der Waals surface area contributed by atoms with E-state index in [1.165, 1.54) is 22.3 Å². The number of fused-ring (bicyclic) bond motifs is 1. The van der Waals surface area contributed by atoms with Crippen molar-refractivity contribution in [2.75, 3.05) is 0 Å².